The van der Waals surface area contributed by atoms with Crippen LogP contribution in [0.15, 0.2) is 229 Å². The molecule has 0 saturated heterocycles. The molecule has 0 nitrogen and oxygen atoms in total. The smallest absolute Gasteiger partial charge is 0.0347 e. The topological polar surface area (TPSA) is 0 Å². The maximum absolute atomic E-state index is 2.39. The Morgan fingerprint density at radius 3 is 0.981 bits per heavy atom. The highest BCUT2D eigenvalue weighted by Crippen LogP contribution is 2.58. The van der Waals surface area contributed by atoms with E-state index in [0.717, 1.165) is 0 Å². The number of rotatable bonds is 4. The van der Waals surface area contributed by atoms with Gasteiger partial charge < -0.3 is 0 Å². The number of fused-ring (bicyclic) bond motifs is 6. The largest absolute Gasteiger partial charge is 0.0877 e. The molecule has 8 aromatic carbocycles. The van der Waals surface area contributed by atoms with Gasteiger partial charge in [0, 0.05) is 64.3 Å². The van der Waals surface area contributed by atoms with Gasteiger partial charge in [0.15, 0.2) is 0 Å². The van der Waals surface area contributed by atoms with Gasteiger partial charge in [-0.15, -0.1) is 0 Å². The lowest BCUT2D eigenvalue weighted by molar-refractivity contribution is 1.15. The molecule has 0 N–H and O–H groups in total. The molecule has 8 aromatic rings. The monoisotopic (exact) mass is 796 g/mol. The van der Waals surface area contributed by atoms with Crippen molar-refractivity contribution in [1.29, 1.82) is 0 Å². The third-order valence-electron chi connectivity index (χ3n) is 9.92. The zero-order chi connectivity index (χ0) is 35.6. The molecule has 0 spiro atoms. The van der Waals surface area contributed by atoms with Crippen molar-refractivity contribution in [3.63, 3.8) is 0 Å². The third kappa shape index (κ3) is 5.69. The Labute approximate surface area is 341 Å². The van der Waals surface area contributed by atoms with E-state index in [1.54, 1.807) is 0 Å². The number of hydrogen-bond acceptors (Lipinski definition) is 6. The summed E-state index contributed by atoms with van der Waals surface area (Å²) in [5.74, 6) is 0. The SMILES string of the molecule is c1ccc2c(c1)Sc1cccc(-c3ccccc3-c3ccc4c(c3-c3ccccc3-c3cccc5c3Sc3ccccc3S5)Sc3ccccc3S4)c1S2. The van der Waals surface area contributed by atoms with Crippen LogP contribution in [0.1, 0.15) is 0 Å². The normalized spacial score (nSPS) is 13.5. The summed E-state index contributed by atoms with van der Waals surface area (Å²) < 4.78 is 0. The molecule has 0 radical (unpaired) electrons. The lowest BCUT2D eigenvalue weighted by atomic mass is 9.86. The van der Waals surface area contributed by atoms with Crippen molar-refractivity contribution >= 4 is 70.6 Å². The Morgan fingerprint density at radius 2 is 0.500 bits per heavy atom. The van der Waals surface area contributed by atoms with Crippen molar-refractivity contribution in [2.75, 3.05) is 0 Å². The van der Waals surface area contributed by atoms with Crippen molar-refractivity contribution in [2.24, 2.45) is 0 Å². The molecule has 3 heterocycles. The summed E-state index contributed by atoms with van der Waals surface area (Å²) in [6, 6.07) is 63.0. The first-order valence-electron chi connectivity index (χ1n) is 17.7. The van der Waals surface area contributed by atoms with Crippen LogP contribution >= 0.6 is 70.6 Å². The second kappa shape index (κ2) is 13.9. The summed E-state index contributed by atoms with van der Waals surface area (Å²) in [7, 11) is 0. The zero-order valence-electron chi connectivity index (χ0n) is 28.6. The molecule has 6 heteroatoms. The van der Waals surface area contributed by atoms with Crippen molar-refractivity contribution in [3.05, 3.63) is 170 Å². The molecule has 0 aliphatic carbocycles. The van der Waals surface area contributed by atoms with Gasteiger partial charge in [0.25, 0.3) is 0 Å². The minimum Gasteiger partial charge on any atom is -0.0877 e. The van der Waals surface area contributed by atoms with Gasteiger partial charge in [0.1, 0.15) is 0 Å². The Balaban J connectivity index is 1.14. The molecular formula is C48H28S6. The van der Waals surface area contributed by atoms with Crippen LogP contribution in [0.5, 0.6) is 0 Å². The highest BCUT2D eigenvalue weighted by Gasteiger charge is 2.29. The van der Waals surface area contributed by atoms with Crippen molar-refractivity contribution in [2.45, 2.75) is 58.7 Å². The lowest BCUT2D eigenvalue weighted by Gasteiger charge is -2.27. The number of hydrogen-bond donors (Lipinski definition) is 0. The molecule has 54 heavy (non-hydrogen) atoms. The van der Waals surface area contributed by atoms with E-state index in [4.69, 9.17) is 0 Å². The molecule has 0 atom stereocenters. The second-order valence-electron chi connectivity index (χ2n) is 13.1. The predicted molar refractivity (Wildman–Crippen MR) is 232 cm³/mol. The fraction of sp³-hybridized carbons (Fsp3) is 0. The van der Waals surface area contributed by atoms with Crippen molar-refractivity contribution < 1.29 is 0 Å². The van der Waals surface area contributed by atoms with Crippen LogP contribution in [-0.2, 0) is 0 Å². The van der Waals surface area contributed by atoms with Gasteiger partial charge in [-0.2, -0.15) is 0 Å². The zero-order valence-corrected chi connectivity index (χ0v) is 33.5. The van der Waals surface area contributed by atoms with E-state index in [-0.39, 0.29) is 0 Å². The highest BCUT2D eigenvalue weighted by atomic mass is 32.2. The first kappa shape index (κ1) is 33.2. The Kier molecular flexibility index (Phi) is 8.53. The van der Waals surface area contributed by atoms with Gasteiger partial charge in [0.2, 0.25) is 0 Å². The van der Waals surface area contributed by atoms with Crippen LogP contribution in [0, 0.1) is 0 Å². The van der Waals surface area contributed by atoms with Crippen LogP contribution in [0.2, 0.25) is 0 Å². The molecule has 0 unspecified atom stereocenters. The van der Waals surface area contributed by atoms with Crippen LogP contribution in [0.4, 0.5) is 0 Å². The van der Waals surface area contributed by atoms with Gasteiger partial charge in [-0.1, -0.05) is 186 Å². The first-order valence-corrected chi connectivity index (χ1v) is 22.6. The Bertz CT molecular complexity index is 2800. The summed E-state index contributed by atoms with van der Waals surface area (Å²) in [4.78, 5) is 15.8. The minimum atomic E-state index is 1.25. The quantitative estimate of drug-likeness (QED) is 0.173. The van der Waals surface area contributed by atoms with E-state index in [2.05, 4.69) is 170 Å². The first-order chi connectivity index (χ1) is 26.8. The maximum atomic E-state index is 2.39. The minimum absolute atomic E-state index is 1.25. The molecule has 256 valence electrons. The van der Waals surface area contributed by atoms with Gasteiger partial charge >= 0.3 is 0 Å². The van der Waals surface area contributed by atoms with E-state index in [9.17, 15) is 0 Å². The maximum Gasteiger partial charge on any atom is 0.0347 e. The average molecular weight is 797 g/mol. The molecule has 0 fully saturated rings. The van der Waals surface area contributed by atoms with E-state index < -0.39 is 0 Å². The summed E-state index contributed by atoms with van der Waals surface area (Å²) in [5.41, 5.74) is 10.2. The highest BCUT2D eigenvalue weighted by molar-refractivity contribution is 8.06. The van der Waals surface area contributed by atoms with E-state index in [0.29, 0.717) is 0 Å². The predicted octanol–water partition coefficient (Wildman–Crippen LogP) is 16.2. The van der Waals surface area contributed by atoms with Crippen LogP contribution in [0.25, 0.3) is 44.5 Å². The van der Waals surface area contributed by atoms with Crippen LogP contribution in [0.3, 0.4) is 0 Å². The molecule has 0 aromatic heterocycles. The van der Waals surface area contributed by atoms with Crippen LogP contribution < -0.4 is 0 Å². The van der Waals surface area contributed by atoms with E-state index in [1.165, 1.54) is 103 Å². The molecule has 11 rings (SSSR count). The summed E-state index contributed by atoms with van der Waals surface area (Å²) >= 11 is 11.4. The average Bonchev–Trinajstić information content (AvgIpc) is 3.23. The second-order valence-corrected chi connectivity index (χ2v) is 19.5. The van der Waals surface area contributed by atoms with Crippen LogP contribution in [-0.4, -0.2) is 0 Å². The lowest BCUT2D eigenvalue weighted by Crippen LogP contribution is -1.99. The molecule has 0 bridgehead atoms. The fourth-order valence-electron chi connectivity index (χ4n) is 7.49. The van der Waals surface area contributed by atoms with E-state index >= 15 is 0 Å². The van der Waals surface area contributed by atoms with Crippen molar-refractivity contribution in [3.8, 4) is 44.5 Å². The van der Waals surface area contributed by atoms with Gasteiger partial charge in [-0.25, -0.2) is 0 Å². The molecular weight excluding hydrogens is 769 g/mol. The fourth-order valence-corrected chi connectivity index (χ4v) is 14.7. The van der Waals surface area contributed by atoms with Crippen molar-refractivity contribution in [1.82, 2.24) is 0 Å². The summed E-state index contributed by atoms with van der Waals surface area (Å²) in [5, 5.41) is 0. The van der Waals surface area contributed by atoms with Gasteiger partial charge in [-0.05, 0) is 93.5 Å². The Hall–Kier alpha value is -4.14. The summed E-state index contributed by atoms with van der Waals surface area (Å²) in [6.45, 7) is 0. The van der Waals surface area contributed by atoms with Gasteiger partial charge in [0.05, 0.1) is 0 Å². The Morgan fingerprint density at radius 1 is 0.185 bits per heavy atom. The number of benzene rings is 8. The summed E-state index contributed by atoms with van der Waals surface area (Å²) in [6.07, 6.45) is 0. The molecule has 0 saturated carbocycles. The molecule has 0 amide bonds. The van der Waals surface area contributed by atoms with Gasteiger partial charge in [-0.3, -0.25) is 0 Å². The molecule has 3 aliphatic rings. The third-order valence-corrected chi connectivity index (χ3v) is 17.7. The molecule has 3 aliphatic heterocycles. The standard InChI is InChI=1S/C48H28S6/c1-2-14-30(34-17-11-25-42-46(34)52-39-22-8-5-19-36(39)49-42)29(13-1)33-27-28-44-48(54-41-24-10-7-21-38(41)51-44)45(33)32-16-4-3-15-31(32)35-18-12-26-43-47(35)53-40-23-9-6-20-37(40)50-43/h1-28H. The van der Waals surface area contributed by atoms with E-state index in [1.807, 2.05) is 70.6 Å².